The molecule has 0 atom stereocenters. The number of hydrogen-bond donors (Lipinski definition) is 0. The Morgan fingerprint density at radius 2 is 0.958 bits per heavy atom. The van der Waals surface area contributed by atoms with Crippen LogP contribution in [0, 0.1) is 11.6 Å². The van der Waals surface area contributed by atoms with Gasteiger partial charge in [0.05, 0.1) is 0 Å². The molecule has 0 bridgehead atoms. The van der Waals surface area contributed by atoms with E-state index in [1.165, 1.54) is 0 Å². The van der Waals surface area contributed by atoms with Gasteiger partial charge in [-0.25, -0.2) is 8.78 Å². The zero-order valence-electron chi connectivity index (χ0n) is 12.2. The first-order valence-electron chi connectivity index (χ1n) is 7.08. The summed E-state index contributed by atoms with van der Waals surface area (Å²) < 4.78 is 65.2. The van der Waals surface area contributed by atoms with Gasteiger partial charge in [0.15, 0.2) is 0 Å². The highest BCUT2D eigenvalue weighted by Crippen LogP contribution is 2.36. The highest BCUT2D eigenvalue weighted by atomic mass is 19.4. The summed E-state index contributed by atoms with van der Waals surface area (Å²) in [5.41, 5.74) is 0.479. The minimum atomic E-state index is -5.07. The van der Waals surface area contributed by atoms with Crippen LogP contribution in [0.1, 0.15) is 5.56 Å². The van der Waals surface area contributed by atoms with Crippen LogP contribution in [0.4, 0.5) is 22.0 Å². The van der Waals surface area contributed by atoms with E-state index in [0.717, 1.165) is 11.1 Å². The van der Waals surface area contributed by atoms with E-state index >= 15 is 0 Å². The molecule has 5 heteroatoms. The second kappa shape index (κ2) is 6.07. The number of alkyl halides is 3. The minimum Gasteiger partial charge on any atom is -0.206 e. The predicted molar refractivity (Wildman–Crippen MR) is 82.2 cm³/mol. The molecule has 3 aromatic carbocycles. The van der Waals surface area contributed by atoms with Gasteiger partial charge in [0, 0.05) is 0 Å². The molecule has 24 heavy (non-hydrogen) atoms. The Hall–Kier alpha value is -2.69. The van der Waals surface area contributed by atoms with E-state index in [4.69, 9.17) is 0 Å². The molecule has 0 radical (unpaired) electrons. The van der Waals surface area contributed by atoms with Crippen molar-refractivity contribution in [2.45, 2.75) is 6.18 Å². The molecule has 0 heterocycles. The summed E-state index contributed by atoms with van der Waals surface area (Å²) in [6, 6.07) is 17.6. The van der Waals surface area contributed by atoms with Crippen molar-refractivity contribution in [2.75, 3.05) is 0 Å². The van der Waals surface area contributed by atoms with E-state index < -0.39 is 23.4 Å². The Morgan fingerprint density at radius 1 is 0.542 bits per heavy atom. The van der Waals surface area contributed by atoms with Gasteiger partial charge in [0.25, 0.3) is 0 Å². The molecule has 0 nitrogen and oxygen atoms in total. The van der Waals surface area contributed by atoms with Gasteiger partial charge in [-0.05, 0) is 34.4 Å². The number of rotatable bonds is 2. The Kier molecular flexibility index (Phi) is 4.09. The second-order valence-corrected chi connectivity index (χ2v) is 5.26. The molecule has 0 saturated carbocycles. The lowest BCUT2D eigenvalue weighted by molar-refractivity contribution is -0.142. The van der Waals surface area contributed by atoms with Crippen LogP contribution in [0.15, 0.2) is 66.7 Å². The lowest BCUT2D eigenvalue weighted by Crippen LogP contribution is -2.11. The summed E-state index contributed by atoms with van der Waals surface area (Å²) in [7, 11) is 0. The fraction of sp³-hybridized carbons (Fsp3) is 0.0526. The smallest absolute Gasteiger partial charge is 0.206 e. The third-order valence-corrected chi connectivity index (χ3v) is 3.65. The molecule has 0 aliphatic heterocycles. The molecule has 3 rings (SSSR count). The molecule has 0 unspecified atom stereocenters. The van der Waals surface area contributed by atoms with E-state index in [1.54, 1.807) is 24.3 Å². The van der Waals surface area contributed by atoms with Crippen LogP contribution in [0.2, 0.25) is 0 Å². The molecule has 0 saturated heterocycles. The molecule has 0 spiro atoms. The van der Waals surface area contributed by atoms with Crippen molar-refractivity contribution in [2.24, 2.45) is 0 Å². The maximum absolute atomic E-state index is 13.7. The van der Waals surface area contributed by atoms with Crippen molar-refractivity contribution < 1.29 is 22.0 Å². The summed E-state index contributed by atoms with van der Waals surface area (Å²) >= 11 is 0. The van der Waals surface area contributed by atoms with Crippen LogP contribution in [0.5, 0.6) is 0 Å². The first kappa shape index (κ1) is 16.2. The summed E-state index contributed by atoms with van der Waals surface area (Å²) in [4.78, 5) is 0. The average molecular weight is 334 g/mol. The fourth-order valence-corrected chi connectivity index (χ4v) is 2.50. The van der Waals surface area contributed by atoms with E-state index in [9.17, 15) is 22.0 Å². The van der Waals surface area contributed by atoms with E-state index in [2.05, 4.69) is 0 Å². The Bertz CT molecular complexity index is 826. The van der Waals surface area contributed by atoms with Gasteiger partial charge in [-0.15, -0.1) is 0 Å². The van der Waals surface area contributed by atoms with Crippen molar-refractivity contribution in [3.05, 3.63) is 83.9 Å². The first-order chi connectivity index (χ1) is 11.4. The molecular weight excluding hydrogens is 323 g/mol. The zero-order valence-corrected chi connectivity index (χ0v) is 12.2. The largest absolute Gasteiger partial charge is 0.422 e. The number of halogens is 5. The van der Waals surface area contributed by atoms with Gasteiger partial charge < -0.3 is 0 Å². The van der Waals surface area contributed by atoms with Crippen LogP contribution in [0.3, 0.4) is 0 Å². The minimum absolute atomic E-state index is 0.0533. The highest BCUT2D eigenvalue weighted by molar-refractivity contribution is 5.70. The van der Waals surface area contributed by atoms with E-state index in [0.29, 0.717) is 17.7 Å². The molecule has 0 aliphatic rings. The standard InChI is InChI=1S/C19H11F5/c20-16-10-15(11-17(21)18(16)19(22,23)24)14-8-6-13(7-9-14)12-4-2-1-3-5-12/h1-11H. The molecule has 3 aromatic rings. The van der Waals surface area contributed by atoms with Crippen LogP contribution < -0.4 is 0 Å². The number of benzene rings is 3. The van der Waals surface area contributed by atoms with Crippen molar-refractivity contribution in [3.63, 3.8) is 0 Å². The quantitative estimate of drug-likeness (QED) is 0.481. The van der Waals surface area contributed by atoms with Crippen molar-refractivity contribution >= 4 is 0 Å². The van der Waals surface area contributed by atoms with Gasteiger partial charge in [-0.2, -0.15) is 13.2 Å². The summed E-state index contributed by atoms with van der Waals surface area (Å²) in [6.45, 7) is 0. The lowest BCUT2D eigenvalue weighted by atomic mass is 9.99. The maximum Gasteiger partial charge on any atom is 0.422 e. The van der Waals surface area contributed by atoms with Gasteiger partial charge >= 0.3 is 6.18 Å². The average Bonchev–Trinajstić information content (AvgIpc) is 2.54. The zero-order chi connectivity index (χ0) is 17.3. The highest BCUT2D eigenvalue weighted by Gasteiger charge is 2.37. The third kappa shape index (κ3) is 3.15. The second-order valence-electron chi connectivity index (χ2n) is 5.26. The Balaban J connectivity index is 1.98. The Morgan fingerprint density at radius 3 is 1.42 bits per heavy atom. The van der Waals surface area contributed by atoms with E-state index in [1.807, 2.05) is 30.3 Å². The predicted octanol–water partition coefficient (Wildman–Crippen LogP) is 6.32. The lowest BCUT2D eigenvalue weighted by Gasteiger charge is -2.11. The topological polar surface area (TPSA) is 0 Å². The van der Waals surface area contributed by atoms with Gasteiger partial charge in [0.2, 0.25) is 0 Å². The van der Waals surface area contributed by atoms with Gasteiger partial charge in [0.1, 0.15) is 17.2 Å². The van der Waals surface area contributed by atoms with Crippen LogP contribution in [-0.4, -0.2) is 0 Å². The first-order valence-corrected chi connectivity index (χ1v) is 7.08. The third-order valence-electron chi connectivity index (χ3n) is 3.65. The SMILES string of the molecule is Fc1cc(-c2ccc(-c3ccccc3)cc2)cc(F)c1C(F)(F)F. The molecule has 0 amide bonds. The molecule has 122 valence electrons. The van der Waals surface area contributed by atoms with Crippen LogP contribution in [-0.2, 0) is 6.18 Å². The van der Waals surface area contributed by atoms with Gasteiger partial charge in [-0.3, -0.25) is 0 Å². The summed E-state index contributed by atoms with van der Waals surface area (Å²) in [5, 5.41) is 0. The van der Waals surface area contributed by atoms with Crippen LogP contribution >= 0.6 is 0 Å². The van der Waals surface area contributed by atoms with Crippen molar-refractivity contribution in [3.8, 4) is 22.3 Å². The monoisotopic (exact) mass is 334 g/mol. The fourth-order valence-electron chi connectivity index (χ4n) is 2.50. The summed E-state index contributed by atoms with van der Waals surface area (Å²) in [5.74, 6) is -3.24. The van der Waals surface area contributed by atoms with Crippen molar-refractivity contribution in [1.82, 2.24) is 0 Å². The van der Waals surface area contributed by atoms with Gasteiger partial charge in [-0.1, -0.05) is 54.6 Å². The molecule has 0 N–H and O–H groups in total. The van der Waals surface area contributed by atoms with Crippen molar-refractivity contribution in [1.29, 1.82) is 0 Å². The normalized spacial score (nSPS) is 11.5. The summed E-state index contributed by atoms with van der Waals surface area (Å²) in [6.07, 6.45) is -5.07. The van der Waals surface area contributed by atoms with Crippen LogP contribution in [0.25, 0.3) is 22.3 Å². The number of hydrogen-bond acceptors (Lipinski definition) is 0. The van der Waals surface area contributed by atoms with E-state index in [-0.39, 0.29) is 5.56 Å². The Labute approximate surface area is 135 Å². The molecular formula is C19H11F5. The molecule has 0 fully saturated rings. The molecule has 0 aromatic heterocycles. The molecule has 0 aliphatic carbocycles. The maximum atomic E-state index is 13.7.